The van der Waals surface area contributed by atoms with Crippen LogP contribution in [-0.2, 0) is 11.2 Å². The summed E-state index contributed by atoms with van der Waals surface area (Å²) in [6.45, 7) is 4.33. The van der Waals surface area contributed by atoms with Gasteiger partial charge in [0, 0.05) is 16.1 Å². The molecular weight excluding hydrogens is 334 g/mol. The van der Waals surface area contributed by atoms with Gasteiger partial charge in [-0.2, -0.15) is 0 Å². The minimum Gasteiger partial charge on any atom is -0.408 e. The van der Waals surface area contributed by atoms with Gasteiger partial charge in [-0.1, -0.05) is 50.3 Å². The number of nitrogens with zero attached hydrogens (tertiary/aromatic N) is 2. The summed E-state index contributed by atoms with van der Waals surface area (Å²) in [5, 5.41) is 11.3. The van der Waals surface area contributed by atoms with Crippen molar-refractivity contribution in [1.29, 1.82) is 0 Å². The molecule has 1 amide bonds. The van der Waals surface area contributed by atoms with Crippen molar-refractivity contribution in [3.63, 3.8) is 0 Å². The van der Waals surface area contributed by atoms with E-state index in [1.54, 1.807) is 0 Å². The molecular formula is C19H25N3O2S. The summed E-state index contributed by atoms with van der Waals surface area (Å²) in [5.74, 6) is 0.867. The third kappa shape index (κ3) is 5.33. The van der Waals surface area contributed by atoms with Gasteiger partial charge in [-0.15, -0.1) is 16.9 Å². The third-order valence-corrected chi connectivity index (χ3v) is 5.32. The van der Waals surface area contributed by atoms with E-state index in [4.69, 9.17) is 4.42 Å². The van der Waals surface area contributed by atoms with E-state index in [1.807, 2.05) is 23.9 Å². The van der Waals surface area contributed by atoms with E-state index in [-0.39, 0.29) is 11.9 Å². The molecule has 0 spiro atoms. The fraction of sp³-hybridized carbons (Fsp3) is 0.526. The minimum atomic E-state index is -0.136. The lowest BCUT2D eigenvalue weighted by atomic mass is 9.89. The number of hydrogen-bond donors (Lipinski definition) is 1. The Labute approximate surface area is 153 Å². The summed E-state index contributed by atoms with van der Waals surface area (Å²) in [6, 6.07) is 8.30. The molecule has 1 N–H and O–H groups in total. The lowest BCUT2D eigenvalue weighted by molar-refractivity contribution is -0.115. The second-order valence-electron chi connectivity index (χ2n) is 6.82. The normalized spacial score (nSPS) is 15.5. The Balaban J connectivity index is 1.53. The van der Waals surface area contributed by atoms with Gasteiger partial charge in [0.15, 0.2) is 0 Å². The summed E-state index contributed by atoms with van der Waals surface area (Å²) in [7, 11) is 0. The molecule has 2 aromatic rings. The Kier molecular flexibility index (Phi) is 6.13. The van der Waals surface area contributed by atoms with Gasteiger partial charge in [0.2, 0.25) is 11.8 Å². The zero-order chi connectivity index (χ0) is 17.6. The molecule has 1 aromatic heterocycles. The van der Waals surface area contributed by atoms with Crippen molar-refractivity contribution in [3.8, 4) is 0 Å². The highest BCUT2D eigenvalue weighted by atomic mass is 32.2. The Morgan fingerprint density at radius 1 is 1.20 bits per heavy atom. The van der Waals surface area contributed by atoms with Crippen molar-refractivity contribution < 1.29 is 9.21 Å². The smallest absolute Gasteiger partial charge is 0.322 e. The van der Waals surface area contributed by atoms with E-state index in [9.17, 15) is 4.79 Å². The molecule has 0 saturated heterocycles. The van der Waals surface area contributed by atoms with Gasteiger partial charge in [-0.25, -0.2) is 0 Å². The van der Waals surface area contributed by atoms with Gasteiger partial charge in [-0.3, -0.25) is 10.1 Å². The Morgan fingerprint density at radius 3 is 2.60 bits per heavy atom. The molecule has 3 rings (SSSR count). The largest absolute Gasteiger partial charge is 0.408 e. The lowest BCUT2D eigenvalue weighted by Gasteiger charge is -2.17. The van der Waals surface area contributed by atoms with E-state index >= 15 is 0 Å². The Hall–Kier alpha value is -1.82. The average Bonchev–Trinajstić information content (AvgIpc) is 3.05. The Morgan fingerprint density at radius 2 is 1.92 bits per heavy atom. The van der Waals surface area contributed by atoms with Crippen LogP contribution >= 0.6 is 11.8 Å². The zero-order valence-corrected chi connectivity index (χ0v) is 15.6. The summed E-state index contributed by atoms with van der Waals surface area (Å²) in [5.41, 5.74) is 0.970. The first-order valence-corrected chi connectivity index (χ1v) is 9.87. The van der Waals surface area contributed by atoms with Gasteiger partial charge in [-0.05, 0) is 30.5 Å². The molecule has 5 nitrogen and oxygen atoms in total. The maximum atomic E-state index is 12.2. The van der Waals surface area contributed by atoms with Crippen molar-refractivity contribution in [2.75, 3.05) is 5.32 Å². The van der Waals surface area contributed by atoms with Crippen molar-refractivity contribution in [1.82, 2.24) is 10.2 Å². The van der Waals surface area contributed by atoms with Crippen LogP contribution in [0.1, 0.15) is 63.3 Å². The Bertz CT molecular complexity index is 691. The highest BCUT2D eigenvalue weighted by Crippen LogP contribution is 2.32. The number of carbonyl (C=O) groups excluding carboxylic acids is 1. The first kappa shape index (κ1) is 18.0. The fourth-order valence-electron chi connectivity index (χ4n) is 3.11. The van der Waals surface area contributed by atoms with Crippen LogP contribution in [0.15, 0.2) is 33.6 Å². The van der Waals surface area contributed by atoms with Crippen molar-refractivity contribution in [3.05, 3.63) is 35.7 Å². The molecule has 134 valence electrons. The van der Waals surface area contributed by atoms with Gasteiger partial charge in [0.1, 0.15) is 0 Å². The van der Waals surface area contributed by atoms with Crippen molar-refractivity contribution >= 4 is 23.7 Å². The summed E-state index contributed by atoms with van der Waals surface area (Å²) in [6.07, 6.45) is 6.18. The standard InChI is InChI=1S/C19H25N3O2S/c1-13(2)25-16-10-8-14(9-11-16)12-17(23)20-19-22-21-18(24-19)15-6-4-3-5-7-15/h8-11,13,15H,3-7,12H2,1-2H3,(H,20,22,23). The number of anilines is 1. The van der Waals surface area contributed by atoms with Crippen LogP contribution < -0.4 is 5.32 Å². The third-order valence-electron chi connectivity index (χ3n) is 4.30. The molecule has 0 aliphatic heterocycles. The van der Waals surface area contributed by atoms with E-state index in [2.05, 4.69) is 41.5 Å². The van der Waals surface area contributed by atoms with Gasteiger partial charge in [0.05, 0.1) is 6.42 Å². The molecule has 6 heteroatoms. The maximum Gasteiger partial charge on any atom is 0.322 e. The van der Waals surface area contributed by atoms with E-state index in [0.717, 1.165) is 18.4 Å². The highest BCUT2D eigenvalue weighted by molar-refractivity contribution is 7.99. The molecule has 1 fully saturated rings. The first-order valence-electron chi connectivity index (χ1n) is 8.99. The molecule has 1 aliphatic rings. The number of amides is 1. The van der Waals surface area contributed by atoms with Crippen LogP contribution in [0, 0.1) is 0 Å². The monoisotopic (exact) mass is 359 g/mol. The van der Waals surface area contributed by atoms with E-state index in [1.165, 1.54) is 24.2 Å². The highest BCUT2D eigenvalue weighted by Gasteiger charge is 2.21. The van der Waals surface area contributed by atoms with Crippen LogP contribution in [0.3, 0.4) is 0 Å². The molecule has 0 radical (unpaired) electrons. The summed E-state index contributed by atoms with van der Waals surface area (Å²) >= 11 is 1.81. The molecule has 0 atom stereocenters. The van der Waals surface area contributed by atoms with Crippen molar-refractivity contribution in [2.45, 2.75) is 68.4 Å². The number of benzene rings is 1. The predicted octanol–water partition coefficient (Wildman–Crippen LogP) is 4.80. The fourth-order valence-corrected chi connectivity index (χ4v) is 3.94. The quantitative estimate of drug-likeness (QED) is 0.750. The first-order chi connectivity index (χ1) is 12.1. The number of aromatic nitrogens is 2. The molecule has 0 bridgehead atoms. The molecule has 1 aliphatic carbocycles. The molecule has 25 heavy (non-hydrogen) atoms. The van der Waals surface area contributed by atoms with Crippen LogP contribution in [0.2, 0.25) is 0 Å². The van der Waals surface area contributed by atoms with Crippen LogP contribution in [0.4, 0.5) is 6.01 Å². The number of thioether (sulfide) groups is 1. The average molecular weight is 359 g/mol. The van der Waals surface area contributed by atoms with E-state index < -0.39 is 0 Å². The maximum absolute atomic E-state index is 12.2. The molecule has 1 aromatic carbocycles. The number of hydrogen-bond acceptors (Lipinski definition) is 5. The lowest BCUT2D eigenvalue weighted by Crippen LogP contribution is -2.14. The van der Waals surface area contributed by atoms with Crippen LogP contribution in [0.5, 0.6) is 0 Å². The van der Waals surface area contributed by atoms with Gasteiger partial charge >= 0.3 is 6.01 Å². The summed E-state index contributed by atoms with van der Waals surface area (Å²) in [4.78, 5) is 13.4. The zero-order valence-electron chi connectivity index (χ0n) is 14.8. The van der Waals surface area contributed by atoms with Gasteiger partial charge in [0.25, 0.3) is 0 Å². The molecule has 1 saturated carbocycles. The topological polar surface area (TPSA) is 68.0 Å². The molecule has 0 unspecified atom stereocenters. The van der Waals surface area contributed by atoms with Crippen LogP contribution in [0.25, 0.3) is 0 Å². The number of nitrogens with one attached hydrogen (secondary N) is 1. The predicted molar refractivity (Wildman–Crippen MR) is 99.9 cm³/mol. The second kappa shape index (κ2) is 8.52. The summed E-state index contributed by atoms with van der Waals surface area (Å²) < 4.78 is 5.64. The SMILES string of the molecule is CC(C)Sc1ccc(CC(=O)Nc2nnc(C3CCCCC3)o2)cc1. The van der Waals surface area contributed by atoms with Gasteiger partial charge < -0.3 is 4.42 Å². The van der Waals surface area contributed by atoms with Crippen LogP contribution in [-0.4, -0.2) is 21.4 Å². The van der Waals surface area contributed by atoms with Crippen molar-refractivity contribution in [2.24, 2.45) is 0 Å². The van der Waals surface area contributed by atoms with E-state index in [0.29, 0.717) is 23.5 Å². The number of carbonyl (C=O) groups is 1. The minimum absolute atomic E-state index is 0.136. The second-order valence-corrected chi connectivity index (χ2v) is 8.47. The number of rotatable bonds is 6. The molecule has 1 heterocycles.